The molecule has 0 aliphatic carbocycles. The monoisotopic (exact) mass is 253 g/mol. The summed E-state index contributed by atoms with van der Waals surface area (Å²) in [7, 11) is 0. The van der Waals surface area contributed by atoms with Crippen molar-refractivity contribution in [2.45, 2.75) is 52.6 Å². The number of halogens is 1. The molecular weight excluding hydrogens is 230 g/mol. The molecule has 1 atom stereocenters. The first-order valence-corrected chi connectivity index (χ1v) is 6.92. The fraction of sp³-hybridized carbons (Fsp3) is 0.600. The Morgan fingerprint density at radius 2 is 1.82 bits per heavy atom. The van der Waals surface area contributed by atoms with Crippen molar-refractivity contribution in [1.29, 1.82) is 0 Å². The van der Waals surface area contributed by atoms with E-state index < -0.39 is 0 Å². The van der Waals surface area contributed by atoms with Gasteiger partial charge in [-0.05, 0) is 50.3 Å². The average Bonchev–Trinajstić information content (AvgIpc) is 2.29. The largest absolute Gasteiger partial charge is 0.307 e. The van der Waals surface area contributed by atoms with Crippen molar-refractivity contribution < 1.29 is 0 Å². The summed E-state index contributed by atoms with van der Waals surface area (Å²) in [6.45, 7) is 9.75. The van der Waals surface area contributed by atoms with Crippen LogP contribution in [0, 0.1) is 13.8 Å². The van der Waals surface area contributed by atoms with Crippen molar-refractivity contribution >= 4 is 11.6 Å². The molecule has 0 aromatic heterocycles. The first-order valence-electron chi connectivity index (χ1n) is 6.38. The van der Waals surface area contributed by atoms with E-state index in [2.05, 4.69) is 51.2 Å². The van der Waals surface area contributed by atoms with Gasteiger partial charge in [-0.1, -0.05) is 25.1 Å². The van der Waals surface area contributed by atoms with Gasteiger partial charge in [0.15, 0.2) is 0 Å². The molecule has 0 fully saturated rings. The zero-order valence-electron chi connectivity index (χ0n) is 11.4. The van der Waals surface area contributed by atoms with Gasteiger partial charge in [-0.2, -0.15) is 0 Å². The second kappa shape index (κ2) is 6.42. The van der Waals surface area contributed by atoms with Gasteiger partial charge in [0, 0.05) is 18.0 Å². The van der Waals surface area contributed by atoms with Crippen LogP contribution in [0.5, 0.6) is 0 Å². The zero-order chi connectivity index (χ0) is 12.9. The van der Waals surface area contributed by atoms with Crippen LogP contribution in [0.15, 0.2) is 18.2 Å². The summed E-state index contributed by atoms with van der Waals surface area (Å²) < 4.78 is 0. The minimum absolute atomic E-state index is 0.149. The van der Waals surface area contributed by atoms with Crippen LogP contribution in [-0.2, 0) is 6.54 Å². The highest BCUT2D eigenvalue weighted by Crippen LogP contribution is 2.19. The maximum atomic E-state index is 5.87. The first-order chi connectivity index (χ1) is 8.02. The summed E-state index contributed by atoms with van der Waals surface area (Å²) in [5.74, 6) is 0.712. The molecule has 0 bridgehead atoms. The Morgan fingerprint density at radius 3 is 2.29 bits per heavy atom. The predicted octanol–water partition coefficient (Wildman–Crippen LogP) is 4.19. The molecule has 1 aromatic rings. The van der Waals surface area contributed by atoms with E-state index in [4.69, 9.17) is 11.6 Å². The van der Waals surface area contributed by atoms with Gasteiger partial charge < -0.3 is 5.32 Å². The summed E-state index contributed by atoms with van der Waals surface area (Å²) in [6, 6.07) is 6.47. The van der Waals surface area contributed by atoms with Crippen molar-refractivity contribution in [1.82, 2.24) is 5.32 Å². The highest BCUT2D eigenvalue weighted by atomic mass is 35.5. The number of hydrogen-bond donors (Lipinski definition) is 1. The quantitative estimate of drug-likeness (QED) is 0.750. The van der Waals surface area contributed by atoms with E-state index in [9.17, 15) is 0 Å². The van der Waals surface area contributed by atoms with Gasteiger partial charge in [-0.25, -0.2) is 0 Å². The van der Waals surface area contributed by atoms with Crippen LogP contribution >= 0.6 is 11.6 Å². The second-order valence-corrected chi connectivity index (χ2v) is 5.46. The summed E-state index contributed by atoms with van der Waals surface area (Å²) in [6.07, 6.45) is 2.11. The molecule has 0 saturated carbocycles. The summed E-state index contributed by atoms with van der Waals surface area (Å²) in [4.78, 5) is 0. The van der Waals surface area contributed by atoms with Gasteiger partial charge in [-0.3, -0.25) is 0 Å². The maximum absolute atomic E-state index is 5.87. The minimum atomic E-state index is 0.149. The molecular formula is C15H24ClN. The lowest BCUT2D eigenvalue weighted by Gasteiger charge is -2.30. The van der Waals surface area contributed by atoms with E-state index in [1.165, 1.54) is 16.7 Å². The third-order valence-electron chi connectivity index (χ3n) is 3.76. The summed E-state index contributed by atoms with van der Waals surface area (Å²) >= 11 is 5.87. The molecule has 0 aliphatic heterocycles. The molecule has 1 rings (SSSR count). The fourth-order valence-corrected chi connectivity index (χ4v) is 2.45. The first kappa shape index (κ1) is 14.5. The third kappa shape index (κ3) is 4.01. The second-order valence-electron chi connectivity index (χ2n) is 5.08. The molecule has 0 radical (unpaired) electrons. The molecule has 0 heterocycles. The molecule has 0 amide bonds. The lowest BCUT2D eigenvalue weighted by molar-refractivity contribution is 0.330. The van der Waals surface area contributed by atoms with Crippen molar-refractivity contribution in [2.75, 3.05) is 5.88 Å². The lowest BCUT2D eigenvalue weighted by Crippen LogP contribution is -2.41. The van der Waals surface area contributed by atoms with Crippen molar-refractivity contribution in [3.05, 3.63) is 34.9 Å². The molecule has 1 nitrogen and oxygen atoms in total. The number of alkyl halides is 1. The average molecular weight is 254 g/mol. The molecule has 0 aliphatic rings. The number of benzene rings is 1. The fourth-order valence-electron chi connectivity index (χ4n) is 2.03. The molecule has 0 spiro atoms. The number of aryl methyl sites for hydroxylation is 2. The molecule has 1 N–H and O–H groups in total. The van der Waals surface area contributed by atoms with Crippen LogP contribution in [0.1, 0.15) is 43.4 Å². The highest BCUT2D eigenvalue weighted by molar-refractivity contribution is 6.17. The smallest absolute Gasteiger partial charge is 0.0240 e. The molecule has 96 valence electrons. The Labute approximate surface area is 111 Å². The normalized spacial score (nSPS) is 14.6. The van der Waals surface area contributed by atoms with Gasteiger partial charge in [0.05, 0.1) is 0 Å². The van der Waals surface area contributed by atoms with Crippen molar-refractivity contribution in [2.24, 2.45) is 0 Å². The Bertz CT molecular complexity index is 342. The Hall–Kier alpha value is -0.530. The van der Waals surface area contributed by atoms with Gasteiger partial charge >= 0.3 is 0 Å². The van der Waals surface area contributed by atoms with Crippen LogP contribution in [0.25, 0.3) is 0 Å². The van der Waals surface area contributed by atoms with E-state index in [-0.39, 0.29) is 5.54 Å². The van der Waals surface area contributed by atoms with Crippen molar-refractivity contribution in [3.63, 3.8) is 0 Å². The maximum Gasteiger partial charge on any atom is 0.0240 e. The Kier molecular flexibility index (Phi) is 5.48. The van der Waals surface area contributed by atoms with E-state index in [1.54, 1.807) is 0 Å². The molecule has 1 aromatic carbocycles. The number of rotatable bonds is 6. The van der Waals surface area contributed by atoms with Crippen LogP contribution in [-0.4, -0.2) is 11.4 Å². The SMILES string of the molecule is CCC(C)(CCCl)NCc1c(C)cccc1C. The van der Waals surface area contributed by atoms with E-state index >= 15 is 0 Å². The van der Waals surface area contributed by atoms with E-state index in [1.807, 2.05) is 0 Å². The summed E-state index contributed by atoms with van der Waals surface area (Å²) in [5, 5.41) is 3.66. The molecule has 0 saturated heterocycles. The van der Waals surface area contributed by atoms with Gasteiger partial charge in [-0.15, -0.1) is 11.6 Å². The third-order valence-corrected chi connectivity index (χ3v) is 3.95. The zero-order valence-corrected chi connectivity index (χ0v) is 12.2. The summed E-state index contributed by atoms with van der Waals surface area (Å²) in [5.41, 5.74) is 4.29. The topological polar surface area (TPSA) is 12.0 Å². The van der Waals surface area contributed by atoms with E-state index in [0.29, 0.717) is 5.88 Å². The van der Waals surface area contributed by atoms with Crippen LogP contribution in [0.3, 0.4) is 0 Å². The minimum Gasteiger partial charge on any atom is -0.307 e. The predicted molar refractivity (Wildman–Crippen MR) is 76.8 cm³/mol. The number of nitrogens with one attached hydrogen (secondary N) is 1. The lowest BCUT2D eigenvalue weighted by atomic mass is 9.94. The Morgan fingerprint density at radius 1 is 1.24 bits per heavy atom. The van der Waals surface area contributed by atoms with Crippen LogP contribution in [0.2, 0.25) is 0 Å². The number of hydrogen-bond acceptors (Lipinski definition) is 1. The molecule has 17 heavy (non-hydrogen) atoms. The van der Waals surface area contributed by atoms with Crippen LogP contribution < -0.4 is 5.32 Å². The highest BCUT2D eigenvalue weighted by Gasteiger charge is 2.20. The van der Waals surface area contributed by atoms with Gasteiger partial charge in [0.2, 0.25) is 0 Å². The Balaban J connectivity index is 2.72. The standard InChI is InChI=1S/C15H24ClN/c1-5-15(4,9-10-16)17-11-14-12(2)7-6-8-13(14)3/h6-8,17H,5,9-11H2,1-4H3. The van der Waals surface area contributed by atoms with E-state index in [0.717, 1.165) is 19.4 Å². The van der Waals surface area contributed by atoms with Gasteiger partial charge in [0.25, 0.3) is 0 Å². The van der Waals surface area contributed by atoms with Crippen LogP contribution in [0.4, 0.5) is 0 Å². The van der Waals surface area contributed by atoms with Gasteiger partial charge in [0.1, 0.15) is 0 Å². The molecule has 1 unspecified atom stereocenters. The molecule has 2 heteroatoms. The van der Waals surface area contributed by atoms with Crippen molar-refractivity contribution in [3.8, 4) is 0 Å².